The van der Waals surface area contributed by atoms with Gasteiger partial charge in [0.05, 0.1) is 0 Å². The Hall–Kier alpha value is -7.23. The van der Waals surface area contributed by atoms with Gasteiger partial charge in [-0.1, -0.05) is 183 Å². The van der Waals surface area contributed by atoms with Crippen molar-refractivity contribution in [3.05, 3.63) is 211 Å². The lowest BCUT2D eigenvalue weighted by atomic mass is 9.91. The van der Waals surface area contributed by atoms with Crippen LogP contribution in [0, 0.1) is 0 Å². The van der Waals surface area contributed by atoms with Crippen molar-refractivity contribution in [2.24, 2.45) is 0 Å². The zero-order valence-electron chi connectivity index (χ0n) is 30.1. The largest absolute Gasteiger partial charge is 0.208 e. The van der Waals surface area contributed by atoms with Crippen molar-refractivity contribution in [3.8, 4) is 89.8 Å². The second-order valence-corrected chi connectivity index (χ2v) is 14.0. The summed E-state index contributed by atoms with van der Waals surface area (Å²) < 4.78 is 0. The smallest absolute Gasteiger partial charge is 0.164 e. The average Bonchev–Trinajstić information content (AvgIpc) is 3.66. The molecule has 9 aromatic rings. The van der Waals surface area contributed by atoms with Gasteiger partial charge in [-0.15, -0.1) is 0 Å². The van der Waals surface area contributed by atoms with E-state index in [4.69, 9.17) is 15.0 Å². The van der Waals surface area contributed by atoms with E-state index in [0.717, 1.165) is 50.9 Å². The zero-order chi connectivity index (χ0) is 36.6. The first-order valence-corrected chi connectivity index (χ1v) is 18.7. The number of fused-ring (bicyclic) bond motifs is 3. The lowest BCUT2D eigenvalue weighted by Crippen LogP contribution is -2.01. The summed E-state index contributed by atoms with van der Waals surface area (Å²) in [5.74, 6) is 1.91. The highest BCUT2D eigenvalue weighted by atomic mass is 15.0. The molecule has 1 heterocycles. The first-order valence-electron chi connectivity index (χ1n) is 18.7. The molecule has 3 heteroatoms. The van der Waals surface area contributed by atoms with E-state index in [9.17, 15) is 0 Å². The maximum absolute atomic E-state index is 5.24. The second-order valence-electron chi connectivity index (χ2n) is 14.0. The topological polar surface area (TPSA) is 38.7 Å². The molecule has 1 aromatic heterocycles. The van der Waals surface area contributed by atoms with Gasteiger partial charge in [-0.05, 0) is 97.4 Å². The summed E-state index contributed by atoms with van der Waals surface area (Å²) in [6.45, 7) is 0. The molecule has 10 rings (SSSR count). The maximum atomic E-state index is 5.24. The average molecular weight is 718 g/mol. The van der Waals surface area contributed by atoms with Crippen molar-refractivity contribution in [1.82, 2.24) is 15.0 Å². The third kappa shape index (κ3) is 6.61. The van der Waals surface area contributed by atoms with Crippen molar-refractivity contribution in [1.29, 1.82) is 0 Å². The number of rotatable bonds is 7. The Morgan fingerprint density at radius 1 is 0.268 bits per heavy atom. The molecule has 0 aliphatic heterocycles. The van der Waals surface area contributed by atoms with Crippen LogP contribution in [0.1, 0.15) is 18.6 Å². The van der Waals surface area contributed by atoms with Crippen LogP contribution in [0.25, 0.3) is 89.8 Å². The lowest BCUT2D eigenvalue weighted by molar-refractivity contribution is 1.07. The summed E-state index contributed by atoms with van der Waals surface area (Å²) >= 11 is 0. The highest BCUT2D eigenvalue weighted by Crippen LogP contribution is 2.43. The Morgan fingerprint density at radius 3 is 1.38 bits per heavy atom. The predicted octanol–water partition coefficient (Wildman–Crippen LogP) is 13.7. The quantitative estimate of drug-likeness (QED) is 0.165. The second kappa shape index (κ2) is 14.9. The molecule has 1 aliphatic rings. The van der Waals surface area contributed by atoms with Crippen molar-refractivity contribution >= 4 is 0 Å². The molecule has 266 valence electrons. The van der Waals surface area contributed by atoms with Gasteiger partial charge in [0.1, 0.15) is 0 Å². The van der Waals surface area contributed by atoms with Gasteiger partial charge in [-0.25, -0.2) is 15.0 Å². The van der Waals surface area contributed by atoms with Gasteiger partial charge in [0.2, 0.25) is 0 Å². The van der Waals surface area contributed by atoms with E-state index in [1.54, 1.807) is 0 Å². The van der Waals surface area contributed by atoms with Gasteiger partial charge in [0, 0.05) is 16.7 Å². The highest BCUT2D eigenvalue weighted by Gasteiger charge is 2.22. The minimum Gasteiger partial charge on any atom is -0.208 e. The van der Waals surface area contributed by atoms with Crippen molar-refractivity contribution in [2.45, 2.75) is 13.8 Å². The fraction of sp³-hybridized carbons (Fsp3) is 0.0377. The number of hydrogen-bond acceptors (Lipinski definition) is 3. The summed E-state index contributed by atoms with van der Waals surface area (Å²) in [6.07, 6.45) is 0.902. The first kappa shape index (κ1) is 34.5. The van der Waals surface area contributed by atoms with Crippen molar-refractivity contribution in [3.63, 3.8) is 0 Å². The molecule has 1 aliphatic carbocycles. The molecule has 0 N–H and O–H groups in total. The minimum atomic E-state index is 0. The van der Waals surface area contributed by atoms with Crippen LogP contribution in [0.2, 0.25) is 0 Å². The number of aromatic nitrogens is 3. The van der Waals surface area contributed by atoms with Gasteiger partial charge in [-0.2, -0.15) is 0 Å². The Morgan fingerprint density at radius 2 is 0.679 bits per heavy atom. The highest BCUT2D eigenvalue weighted by molar-refractivity contribution is 5.88. The van der Waals surface area contributed by atoms with Gasteiger partial charge < -0.3 is 0 Å². The van der Waals surface area contributed by atoms with Gasteiger partial charge >= 0.3 is 0 Å². The van der Waals surface area contributed by atoms with Crippen LogP contribution in [-0.2, 0) is 6.42 Å². The first-order chi connectivity index (χ1) is 27.2. The van der Waals surface area contributed by atoms with Gasteiger partial charge in [0.25, 0.3) is 0 Å². The predicted molar refractivity (Wildman–Crippen MR) is 233 cm³/mol. The molecule has 56 heavy (non-hydrogen) atoms. The van der Waals surface area contributed by atoms with E-state index in [1.807, 2.05) is 24.3 Å². The van der Waals surface area contributed by atoms with Crippen molar-refractivity contribution in [2.75, 3.05) is 0 Å². The zero-order valence-corrected chi connectivity index (χ0v) is 30.1. The van der Waals surface area contributed by atoms with Crippen LogP contribution in [0.15, 0.2) is 200 Å². The molecule has 0 bridgehead atoms. The Kier molecular flexibility index (Phi) is 9.18. The molecule has 0 saturated heterocycles. The monoisotopic (exact) mass is 717 g/mol. The third-order valence-electron chi connectivity index (χ3n) is 10.6. The summed E-state index contributed by atoms with van der Waals surface area (Å²) in [6, 6.07) is 70.8. The van der Waals surface area contributed by atoms with Crippen LogP contribution >= 0.6 is 0 Å². The SMILES string of the molecule is C.c1ccc(-c2ccc(-c3cc(-c4nc(-c5ccccc5)nc(-c5cccc(-c6ccccc6)c5)n4)cc(-c4cccc5c4Cc4ccccc4-5)c3)cc2)cc1. The summed E-state index contributed by atoms with van der Waals surface area (Å²) in [7, 11) is 0. The van der Waals surface area contributed by atoms with E-state index >= 15 is 0 Å². The Labute approximate surface area is 328 Å². The molecule has 0 amide bonds. The van der Waals surface area contributed by atoms with Crippen LogP contribution in [0.5, 0.6) is 0 Å². The fourth-order valence-corrected chi connectivity index (χ4v) is 7.81. The molecule has 0 atom stereocenters. The van der Waals surface area contributed by atoms with Gasteiger partial charge in [-0.3, -0.25) is 0 Å². The van der Waals surface area contributed by atoms with Crippen LogP contribution in [0.3, 0.4) is 0 Å². The molecule has 0 spiro atoms. The van der Waals surface area contributed by atoms with E-state index in [0.29, 0.717) is 17.5 Å². The van der Waals surface area contributed by atoms with Crippen LogP contribution < -0.4 is 0 Å². The molecular formula is C53H39N3. The minimum absolute atomic E-state index is 0. The standard InChI is InChI=1S/C52H35N3.CH4/c1-4-14-35(15-5-1)37-26-28-38(29-27-37)43-31-44(47-24-13-25-48-46-23-11-10-20-41(46)34-49(47)48)33-45(32-43)52-54-50(39-18-8-3-9-19-39)53-51(55-52)42-22-12-21-40(30-42)36-16-6-2-7-17-36;/h1-33H,34H2;1H4. The number of hydrogen-bond donors (Lipinski definition) is 0. The summed E-state index contributed by atoms with van der Waals surface area (Å²) in [5.41, 5.74) is 17.4. The molecule has 0 unspecified atom stereocenters. The maximum Gasteiger partial charge on any atom is 0.164 e. The summed E-state index contributed by atoms with van der Waals surface area (Å²) in [4.78, 5) is 15.5. The third-order valence-corrected chi connectivity index (χ3v) is 10.6. The fourth-order valence-electron chi connectivity index (χ4n) is 7.81. The van der Waals surface area contributed by atoms with E-state index in [-0.39, 0.29) is 7.43 Å². The number of benzene rings is 8. The normalized spacial score (nSPS) is 11.4. The molecule has 8 aromatic carbocycles. The van der Waals surface area contributed by atoms with Crippen LogP contribution in [-0.4, -0.2) is 15.0 Å². The van der Waals surface area contributed by atoms with E-state index in [1.165, 1.54) is 38.9 Å². The molecule has 0 fully saturated rings. The number of nitrogens with zero attached hydrogens (tertiary/aromatic N) is 3. The van der Waals surface area contributed by atoms with E-state index in [2.05, 4.69) is 176 Å². The van der Waals surface area contributed by atoms with Gasteiger partial charge in [0.15, 0.2) is 17.5 Å². The molecular weight excluding hydrogens is 679 g/mol. The molecule has 3 nitrogen and oxygen atoms in total. The lowest BCUT2D eigenvalue weighted by Gasteiger charge is -2.15. The molecule has 0 saturated carbocycles. The Bertz CT molecular complexity index is 2810. The van der Waals surface area contributed by atoms with E-state index < -0.39 is 0 Å². The Balaban J connectivity index is 0.00000410. The summed E-state index contributed by atoms with van der Waals surface area (Å²) in [5, 5.41) is 0. The van der Waals surface area contributed by atoms with Crippen LogP contribution in [0.4, 0.5) is 0 Å². The van der Waals surface area contributed by atoms with Crippen molar-refractivity contribution < 1.29 is 0 Å². The molecule has 0 radical (unpaired) electrons.